The van der Waals surface area contributed by atoms with Crippen molar-refractivity contribution in [3.63, 3.8) is 0 Å². The fourth-order valence-electron chi connectivity index (χ4n) is 4.20. The lowest BCUT2D eigenvalue weighted by atomic mass is 9.90. The normalized spacial score (nSPS) is 15.3. The van der Waals surface area contributed by atoms with Crippen molar-refractivity contribution >= 4 is 41.5 Å². The van der Waals surface area contributed by atoms with E-state index in [4.69, 9.17) is 4.99 Å². The Balaban J connectivity index is 0.00000306. The number of carbonyl (C=O) groups is 1. The van der Waals surface area contributed by atoms with Crippen LogP contribution < -0.4 is 16.0 Å². The Bertz CT molecular complexity index is 1020. The van der Waals surface area contributed by atoms with Crippen LogP contribution in [0.3, 0.4) is 0 Å². The lowest BCUT2D eigenvalue weighted by Crippen LogP contribution is -2.41. The van der Waals surface area contributed by atoms with Gasteiger partial charge in [-0.15, -0.1) is 24.0 Å². The molecule has 5 nitrogen and oxygen atoms in total. The molecule has 172 valence electrons. The molecule has 1 heterocycles. The van der Waals surface area contributed by atoms with E-state index in [1.54, 1.807) is 0 Å². The number of benzene rings is 3. The first kappa shape index (κ1) is 24.8. The number of nitrogens with zero attached hydrogens (tertiary/aromatic N) is 1. The van der Waals surface area contributed by atoms with Gasteiger partial charge in [0.25, 0.3) is 0 Å². The van der Waals surface area contributed by atoms with Gasteiger partial charge < -0.3 is 16.0 Å². The van der Waals surface area contributed by atoms with Crippen LogP contribution in [0.25, 0.3) is 0 Å². The van der Waals surface area contributed by atoms with Crippen LogP contribution in [0.15, 0.2) is 89.9 Å². The van der Waals surface area contributed by atoms with Gasteiger partial charge in [0.2, 0.25) is 5.91 Å². The van der Waals surface area contributed by atoms with Gasteiger partial charge in [0.05, 0.1) is 6.54 Å². The monoisotopic (exact) mass is 554 g/mol. The number of nitrogens with one attached hydrogen (secondary N) is 3. The first-order valence-electron chi connectivity index (χ1n) is 11.3. The maximum atomic E-state index is 12.2. The molecule has 0 bridgehead atoms. The van der Waals surface area contributed by atoms with Crippen LogP contribution in [-0.4, -0.2) is 31.5 Å². The molecule has 3 aromatic rings. The topological polar surface area (TPSA) is 65.5 Å². The molecule has 0 saturated heterocycles. The molecule has 1 aliphatic heterocycles. The predicted octanol–water partition coefficient (Wildman–Crippen LogP) is 5.12. The highest BCUT2D eigenvalue weighted by Crippen LogP contribution is 2.31. The number of guanidine groups is 1. The summed E-state index contributed by atoms with van der Waals surface area (Å²) in [5, 5.41) is 9.79. The summed E-state index contributed by atoms with van der Waals surface area (Å²) < 4.78 is 0. The highest BCUT2D eigenvalue weighted by atomic mass is 127. The third-order valence-electron chi connectivity index (χ3n) is 5.80. The summed E-state index contributed by atoms with van der Waals surface area (Å²) in [5.41, 5.74) is 4.57. The van der Waals surface area contributed by atoms with Crippen molar-refractivity contribution in [3.8, 4) is 0 Å². The number of para-hydroxylation sites is 1. The zero-order chi connectivity index (χ0) is 22.2. The molecule has 0 aromatic heterocycles. The summed E-state index contributed by atoms with van der Waals surface area (Å²) in [4.78, 5) is 17.1. The molecule has 33 heavy (non-hydrogen) atoms. The summed E-state index contributed by atoms with van der Waals surface area (Å²) in [6.07, 6.45) is 0.472. The number of aliphatic imine (C=N–C) groups is 1. The Morgan fingerprint density at radius 1 is 0.939 bits per heavy atom. The van der Waals surface area contributed by atoms with Crippen LogP contribution in [0, 0.1) is 0 Å². The molecule has 1 amide bonds. The quantitative estimate of drug-likeness (QED) is 0.216. The first-order chi connectivity index (χ1) is 15.7. The van der Waals surface area contributed by atoms with E-state index in [0.717, 1.165) is 18.2 Å². The Morgan fingerprint density at radius 2 is 1.55 bits per heavy atom. The van der Waals surface area contributed by atoms with Crippen molar-refractivity contribution < 1.29 is 4.79 Å². The van der Waals surface area contributed by atoms with E-state index in [1.807, 2.05) is 30.3 Å². The molecular weight excluding hydrogens is 523 g/mol. The molecule has 0 aliphatic carbocycles. The van der Waals surface area contributed by atoms with Crippen LogP contribution in [0.2, 0.25) is 0 Å². The number of halogens is 1. The van der Waals surface area contributed by atoms with Gasteiger partial charge in [0.15, 0.2) is 5.96 Å². The number of hydrogen-bond acceptors (Lipinski definition) is 2. The smallest absolute Gasteiger partial charge is 0.225 e. The lowest BCUT2D eigenvalue weighted by molar-refractivity contribution is -0.116. The molecule has 0 saturated carbocycles. The molecule has 0 radical (unpaired) electrons. The van der Waals surface area contributed by atoms with Crippen molar-refractivity contribution in [2.45, 2.75) is 25.2 Å². The summed E-state index contributed by atoms with van der Waals surface area (Å²) in [7, 11) is 0. The van der Waals surface area contributed by atoms with Crippen molar-refractivity contribution in [2.75, 3.05) is 25.0 Å². The molecule has 0 spiro atoms. The Hall–Kier alpha value is -2.87. The van der Waals surface area contributed by atoms with Crippen molar-refractivity contribution in [1.29, 1.82) is 0 Å². The minimum Gasteiger partial charge on any atom is -0.357 e. The van der Waals surface area contributed by atoms with E-state index in [9.17, 15) is 4.79 Å². The largest absolute Gasteiger partial charge is 0.357 e. The number of rotatable bonds is 7. The summed E-state index contributed by atoms with van der Waals surface area (Å²) in [6.45, 7) is 4.12. The molecule has 1 aliphatic rings. The molecule has 3 aromatic carbocycles. The van der Waals surface area contributed by atoms with Crippen LogP contribution in [-0.2, 0) is 4.79 Å². The van der Waals surface area contributed by atoms with E-state index in [1.165, 1.54) is 16.7 Å². The van der Waals surface area contributed by atoms with Gasteiger partial charge in [-0.3, -0.25) is 9.79 Å². The number of fused-ring (bicyclic) bond motifs is 1. The molecule has 1 atom stereocenters. The predicted molar refractivity (Wildman–Crippen MR) is 147 cm³/mol. The molecule has 6 heteroatoms. The van der Waals surface area contributed by atoms with Crippen LogP contribution in [0.4, 0.5) is 5.69 Å². The van der Waals surface area contributed by atoms with E-state index in [-0.39, 0.29) is 41.7 Å². The average Bonchev–Trinajstić information content (AvgIpc) is 2.83. The van der Waals surface area contributed by atoms with Gasteiger partial charge >= 0.3 is 0 Å². The fourth-order valence-corrected chi connectivity index (χ4v) is 4.20. The lowest BCUT2D eigenvalue weighted by Gasteiger charge is -2.26. The van der Waals surface area contributed by atoms with Gasteiger partial charge in [0, 0.05) is 37.0 Å². The summed E-state index contributed by atoms with van der Waals surface area (Å²) >= 11 is 0. The molecule has 3 N–H and O–H groups in total. The molecular formula is C27H31IN4O. The number of carbonyl (C=O) groups excluding carboxylic acids is 1. The van der Waals surface area contributed by atoms with Crippen LogP contribution in [0.5, 0.6) is 0 Å². The fraction of sp³-hybridized carbons (Fsp3) is 0.259. The Kier molecular flexibility index (Phi) is 9.30. The second-order valence-electron chi connectivity index (χ2n) is 8.01. The van der Waals surface area contributed by atoms with Gasteiger partial charge in [-0.25, -0.2) is 0 Å². The van der Waals surface area contributed by atoms with Gasteiger partial charge in [-0.2, -0.15) is 0 Å². The van der Waals surface area contributed by atoms with Gasteiger partial charge in [0.1, 0.15) is 0 Å². The molecule has 0 fully saturated rings. The summed E-state index contributed by atoms with van der Waals surface area (Å²) in [6, 6.07) is 29.0. The zero-order valence-electron chi connectivity index (χ0n) is 18.8. The number of anilines is 1. The maximum Gasteiger partial charge on any atom is 0.225 e. The Labute approximate surface area is 213 Å². The highest BCUT2D eigenvalue weighted by molar-refractivity contribution is 14.0. The zero-order valence-corrected chi connectivity index (χ0v) is 21.2. The minimum atomic E-state index is 0. The van der Waals surface area contributed by atoms with Gasteiger partial charge in [-0.05, 0) is 29.7 Å². The standard InChI is InChI=1S/C27H30N4O.HI/c1-2-28-27(29-18-22-17-26(32)31-25-16-10-9-15-23(22)25)30-19-24(20-11-5-3-6-12-20)21-13-7-4-8-14-21;/h3-16,22,24H,2,17-19H2,1H3,(H,31,32)(H2,28,29,30);1H. The highest BCUT2D eigenvalue weighted by Gasteiger charge is 2.24. The summed E-state index contributed by atoms with van der Waals surface area (Å²) in [5.74, 6) is 1.12. The van der Waals surface area contributed by atoms with E-state index in [2.05, 4.69) is 77.5 Å². The second-order valence-corrected chi connectivity index (χ2v) is 8.01. The Morgan fingerprint density at radius 3 is 2.18 bits per heavy atom. The molecule has 1 unspecified atom stereocenters. The average molecular weight is 554 g/mol. The van der Waals surface area contributed by atoms with E-state index < -0.39 is 0 Å². The number of amides is 1. The number of hydrogen-bond donors (Lipinski definition) is 3. The first-order valence-corrected chi connectivity index (χ1v) is 11.3. The van der Waals surface area contributed by atoms with E-state index in [0.29, 0.717) is 19.5 Å². The molecule has 4 rings (SSSR count). The second kappa shape index (κ2) is 12.4. The SMILES string of the molecule is CCNC(=NCC(c1ccccc1)c1ccccc1)NCC1CC(=O)Nc2ccccc21.I. The van der Waals surface area contributed by atoms with Crippen molar-refractivity contribution in [1.82, 2.24) is 10.6 Å². The van der Waals surface area contributed by atoms with Crippen LogP contribution in [0.1, 0.15) is 41.9 Å². The van der Waals surface area contributed by atoms with Gasteiger partial charge in [-0.1, -0.05) is 78.9 Å². The third kappa shape index (κ3) is 6.57. The third-order valence-corrected chi connectivity index (χ3v) is 5.80. The van der Waals surface area contributed by atoms with E-state index >= 15 is 0 Å². The van der Waals surface area contributed by atoms with Crippen LogP contribution >= 0.6 is 24.0 Å². The van der Waals surface area contributed by atoms with Crippen molar-refractivity contribution in [3.05, 3.63) is 102 Å². The minimum absolute atomic E-state index is 0. The maximum absolute atomic E-state index is 12.2. The van der Waals surface area contributed by atoms with Crippen molar-refractivity contribution in [2.24, 2.45) is 4.99 Å².